The molecule has 1 aromatic heterocycles. The fraction of sp³-hybridized carbons (Fsp3) is 0.111. The molecule has 2 rings (SSSR count). The van der Waals surface area contributed by atoms with Crippen LogP contribution in [-0.2, 0) is 11.6 Å². The summed E-state index contributed by atoms with van der Waals surface area (Å²) in [7, 11) is -2.62. The molecule has 0 amide bonds. The van der Waals surface area contributed by atoms with Gasteiger partial charge < -0.3 is 9.79 Å². The summed E-state index contributed by atoms with van der Waals surface area (Å²) in [6, 6.07) is 6.87. The first-order valence-corrected chi connectivity index (χ1v) is 5.91. The molecule has 0 bridgehead atoms. The fourth-order valence-corrected chi connectivity index (χ4v) is 2.28. The first kappa shape index (κ1) is 10.2. The van der Waals surface area contributed by atoms with E-state index in [4.69, 9.17) is 0 Å². The summed E-state index contributed by atoms with van der Waals surface area (Å²) in [6.45, 7) is 0. The van der Waals surface area contributed by atoms with Gasteiger partial charge in [0.25, 0.3) is 0 Å². The Morgan fingerprint density at radius 2 is 2.00 bits per heavy atom. The van der Waals surface area contributed by atoms with Crippen molar-refractivity contribution in [1.29, 1.82) is 0 Å². The van der Waals surface area contributed by atoms with Gasteiger partial charge in [-0.3, -0.25) is 4.57 Å². The molecule has 0 saturated heterocycles. The van der Waals surface area contributed by atoms with E-state index in [-0.39, 0.29) is 5.30 Å². The molecule has 0 unspecified atom stereocenters. The molecule has 1 aromatic carbocycles. The summed E-state index contributed by atoms with van der Waals surface area (Å²) in [5, 5.41) is 4.62. The van der Waals surface area contributed by atoms with Crippen LogP contribution in [0.25, 0.3) is 10.9 Å². The standard InChI is InChI=1S/C9H9N2O3P/c1-11-6-9(15(12,13)14)7-4-2-3-5-8(7)10-11/h2-6H,1H3,(H-,12,13,14)/p+1. The lowest BCUT2D eigenvalue weighted by atomic mass is 10.2. The predicted octanol–water partition coefficient (Wildman–Crippen LogP) is -0.138. The Kier molecular flexibility index (Phi) is 2.31. The average Bonchev–Trinajstić information content (AvgIpc) is 2.15. The van der Waals surface area contributed by atoms with E-state index in [9.17, 15) is 14.4 Å². The maximum atomic E-state index is 11.3. The predicted molar refractivity (Wildman–Crippen MR) is 54.6 cm³/mol. The number of benzene rings is 1. The molecule has 0 atom stereocenters. The van der Waals surface area contributed by atoms with Gasteiger partial charge in [-0.1, -0.05) is 22.9 Å². The van der Waals surface area contributed by atoms with Crippen molar-refractivity contribution in [3.63, 3.8) is 0 Å². The molecule has 78 valence electrons. The number of aryl methyl sites for hydroxylation is 1. The molecule has 2 aromatic rings. The molecular formula is C9H10N2O3P+. The Morgan fingerprint density at radius 3 is 2.67 bits per heavy atom. The number of rotatable bonds is 1. The van der Waals surface area contributed by atoms with E-state index in [2.05, 4.69) is 5.10 Å². The minimum atomic E-state index is -4.25. The van der Waals surface area contributed by atoms with Gasteiger partial charge in [0.15, 0.2) is 7.05 Å². The fourth-order valence-electron chi connectivity index (χ4n) is 1.45. The zero-order valence-electron chi connectivity index (χ0n) is 8.03. The second kappa shape index (κ2) is 3.38. The van der Waals surface area contributed by atoms with E-state index >= 15 is 0 Å². The van der Waals surface area contributed by atoms with Crippen LogP contribution in [0.15, 0.2) is 30.5 Å². The quantitative estimate of drug-likeness (QED) is 0.523. The number of aromatic nitrogens is 2. The number of nitrogens with zero attached hydrogens (tertiary/aromatic N) is 2. The average molecular weight is 225 g/mol. The topological polar surface area (TPSA) is 74.3 Å². The Labute approximate surface area is 86.1 Å². The highest BCUT2D eigenvalue weighted by Crippen LogP contribution is 2.34. The Hall–Kier alpha value is -1.29. The third-order valence-electron chi connectivity index (χ3n) is 2.07. The van der Waals surface area contributed by atoms with Crippen LogP contribution < -0.4 is 9.99 Å². The number of hydrogen-bond acceptors (Lipinski definition) is 2. The molecule has 0 spiro atoms. The summed E-state index contributed by atoms with van der Waals surface area (Å²) in [5.41, 5.74) is 0.570. The highest BCUT2D eigenvalue weighted by atomic mass is 31.2. The van der Waals surface area contributed by atoms with Crippen molar-refractivity contribution in [2.45, 2.75) is 0 Å². The van der Waals surface area contributed by atoms with Crippen LogP contribution in [0, 0.1) is 0 Å². The van der Waals surface area contributed by atoms with Crippen molar-refractivity contribution in [3.8, 4) is 0 Å². The molecule has 0 aliphatic carbocycles. The monoisotopic (exact) mass is 225 g/mol. The molecule has 5 nitrogen and oxygen atoms in total. The first-order chi connectivity index (χ1) is 6.98. The van der Waals surface area contributed by atoms with Gasteiger partial charge in [-0.2, -0.15) is 0 Å². The maximum Gasteiger partial charge on any atom is 0.363 e. The van der Waals surface area contributed by atoms with Gasteiger partial charge in [0, 0.05) is 5.39 Å². The number of fused-ring (bicyclic) bond motifs is 1. The SMILES string of the molecule is C[n+]1cc(P(=O)(O)O)c2ccccc2n1. The van der Waals surface area contributed by atoms with Gasteiger partial charge in [-0.15, -0.1) is 0 Å². The number of hydrogen-bond donors (Lipinski definition) is 2. The maximum absolute atomic E-state index is 11.3. The molecule has 2 N–H and O–H groups in total. The van der Waals surface area contributed by atoms with Crippen LogP contribution in [0.2, 0.25) is 0 Å². The molecular weight excluding hydrogens is 215 g/mol. The van der Waals surface area contributed by atoms with Crippen molar-refractivity contribution in [3.05, 3.63) is 30.5 Å². The summed E-state index contributed by atoms with van der Waals surface area (Å²) < 4.78 is 12.7. The van der Waals surface area contributed by atoms with Gasteiger partial charge in [0.1, 0.15) is 10.8 Å². The largest absolute Gasteiger partial charge is 0.363 e. The second-order valence-electron chi connectivity index (χ2n) is 3.25. The summed E-state index contributed by atoms with van der Waals surface area (Å²) in [6.07, 6.45) is 1.35. The minimum Gasteiger partial charge on any atom is -0.321 e. The van der Waals surface area contributed by atoms with E-state index in [1.807, 2.05) is 0 Å². The smallest absolute Gasteiger partial charge is 0.321 e. The Bertz CT molecular complexity index is 564. The highest BCUT2D eigenvalue weighted by molar-refractivity contribution is 7.60. The summed E-state index contributed by atoms with van der Waals surface area (Å²) >= 11 is 0. The zero-order valence-corrected chi connectivity index (χ0v) is 8.93. The molecule has 0 saturated carbocycles. The lowest BCUT2D eigenvalue weighted by Crippen LogP contribution is -2.36. The third-order valence-corrected chi connectivity index (χ3v) is 3.05. The van der Waals surface area contributed by atoms with Crippen molar-refractivity contribution in [1.82, 2.24) is 5.10 Å². The van der Waals surface area contributed by atoms with Crippen molar-refractivity contribution < 1.29 is 19.0 Å². The van der Waals surface area contributed by atoms with Gasteiger partial charge in [0.2, 0.25) is 6.20 Å². The van der Waals surface area contributed by atoms with Crippen LogP contribution in [0.5, 0.6) is 0 Å². The lowest BCUT2D eigenvalue weighted by molar-refractivity contribution is -0.727. The normalized spacial score (nSPS) is 11.9. The highest BCUT2D eigenvalue weighted by Gasteiger charge is 2.24. The van der Waals surface area contributed by atoms with E-state index in [1.54, 1.807) is 31.3 Å². The molecule has 0 aliphatic rings. The van der Waals surface area contributed by atoms with E-state index in [1.165, 1.54) is 10.9 Å². The molecule has 0 aliphatic heterocycles. The van der Waals surface area contributed by atoms with E-state index in [0.29, 0.717) is 10.9 Å². The molecule has 1 heterocycles. The van der Waals surface area contributed by atoms with Crippen LogP contribution in [0.4, 0.5) is 0 Å². The van der Waals surface area contributed by atoms with Crippen LogP contribution in [0.3, 0.4) is 0 Å². The third kappa shape index (κ3) is 1.90. The van der Waals surface area contributed by atoms with E-state index < -0.39 is 7.60 Å². The Morgan fingerprint density at radius 1 is 1.33 bits per heavy atom. The molecule has 0 fully saturated rings. The second-order valence-corrected chi connectivity index (χ2v) is 4.82. The zero-order chi connectivity index (χ0) is 11.1. The summed E-state index contributed by atoms with van der Waals surface area (Å²) in [4.78, 5) is 18.4. The van der Waals surface area contributed by atoms with Crippen molar-refractivity contribution in [2.75, 3.05) is 0 Å². The van der Waals surface area contributed by atoms with Gasteiger partial charge in [-0.25, -0.2) is 0 Å². The van der Waals surface area contributed by atoms with Crippen LogP contribution in [-0.4, -0.2) is 14.9 Å². The molecule has 6 heteroatoms. The van der Waals surface area contributed by atoms with Crippen LogP contribution >= 0.6 is 7.60 Å². The lowest BCUT2D eigenvalue weighted by Gasteiger charge is -2.04. The first-order valence-electron chi connectivity index (χ1n) is 4.30. The van der Waals surface area contributed by atoms with Crippen molar-refractivity contribution in [2.24, 2.45) is 7.05 Å². The Balaban J connectivity index is 2.89. The van der Waals surface area contributed by atoms with Gasteiger partial charge >= 0.3 is 7.60 Å². The molecule has 0 radical (unpaired) electrons. The molecule has 15 heavy (non-hydrogen) atoms. The van der Waals surface area contributed by atoms with Crippen molar-refractivity contribution >= 4 is 23.8 Å². The van der Waals surface area contributed by atoms with E-state index in [0.717, 1.165) is 0 Å². The minimum absolute atomic E-state index is 0.00981. The van der Waals surface area contributed by atoms with Gasteiger partial charge in [0.05, 0.1) is 0 Å². The van der Waals surface area contributed by atoms with Crippen LogP contribution in [0.1, 0.15) is 0 Å². The summed E-state index contributed by atoms with van der Waals surface area (Å²) in [5.74, 6) is 0. The van der Waals surface area contributed by atoms with Gasteiger partial charge in [-0.05, 0) is 11.2 Å².